The van der Waals surface area contributed by atoms with Crippen molar-refractivity contribution >= 4 is 0 Å². The van der Waals surface area contributed by atoms with E-state index in [-0.39, 0.29) is 0 Å². The van der Waals surface area contributed by atoms with Gasteiger partial charge >= 0.3 is 0 Å². The summed E-state index contributed by atoms with van der Waals surface area (Å²) in [5.74, 6) is 2.04. The van der Waals surface area contributed by atoms with Crippen molar-refractivity contribution in [2.45, 2.75) is 39.5 Å². The molecule has 0 heteroatoms. The Kier molecular flexibility index (Phi) is 1.93. The summed E-state index contributed by atoms with van der Waals surface area (Å²) >= 11 is 0. The van der Waals surface area contributed by atoms with Crippen molar-refractivity contribution in [1.82, 2.24) is 0 Å². The van der Waals surface area contributed by atoms with Crippen LogP contribution in [0.3, 0.4) is 0 Å². The summed E-state index contributed by atoms with van der Waals surface area (Å²) in [5.41, 5.74) is 0. The monoisotopic (exact) mass is 112 g/mol. The van der Waals surface area contributed by atoms with Gasteiger partial charge in [-0.05, 0) is 18.3 Å². The molecule has 1 aliphatic rings. The quantitative estimate of drug-likeness (QED) is 0.515. The summed E-state index contributed by atoms with van der Waals surface area (Å²) in [4.78, 5) is 0. The molecule has 0 aromatic rings. The van der Waals surface area contributed by atoms with Crippen molar-refractivity contribution < 1.29 is 0 Å². The van der Waals surface area contributed by atoms with Gasteiger partial charge in [0, 0.05) is 0 Å². The second-order valence-corrected chi connectivity index (χ2v) is 3.43. The Hall–Kier alpha value is 0. The first kappa shape index (κ1) is 6.12. The van der Waals surface area contributed by atoms with Gasteiger partial charge in [0.1, 0.15) is 0 Å². The average molecular weight is 112 g/mol. The molecule has 0 aromatic heterocycles. The van der Waals surface area contributed by atoms with Gasteiger partial charge in [-0.1, -0.05) is 33.1 Å². The minimum Gasteiger partial charge on any atom is -0.0628 e. The Balaban J connectivity index is 2.01. The third-order valence-electron chi connectivity index (χ3n) is 2.03. The molecule has 8 heavy (non-hydrogen) atoms. The van der Waals surface area contributed by atoms with E-state index in [0.29, 0.717) is 0 Å². The summed E-state index contributed by atoms with van der Waals surface area (Å²) in [5, 5.41) is 0. The van der Waals surface area contributed by atoms with Gasteiger partial charge in [0.2, 0.25) is 0 Å². The Morgan fingerprint density at radius 1 is 1.38 bits per heavy atom. The van der Waals surface area contributed by atoms with Crippen LogP contribution in [0.25, 0.3) is 0 Å². The van der Waals surface area contributed by atoms with E-state index in [2.05, 4.69) is 13.8 Å². The summed E-state index contributed by atoms with van der Waals surface area (Å²) in [6.45, 7) is 4.64. The van der Waals surface area contributed by atoms with Crippen molar-refractivity contribution in [3.8, 4) is 0 Å². The van der Waals surface area contributed by atoms with Crippen molar-refractivity contribution in [2.75, 3.05) is 0 Å². The predicted molar refractivity (Wildman–Crippen MR) is 36.8 cm³/mol. The van der Waals surface area contributed by atoms with Crippen LogP contribution in [-0.4, -0.2) is 0 Å². The average Bonchev–Trinajstić information content (AvgIpc) is 1.55. The molecule has 0 amide bonds. The highest BCUT2D eigenvalue weighted by molar-refractivity contribution is 4.70. The third kappa shape index (κ3) is 1.50. The lowest BCUT2D eigenvalue weighted by molar-refractivity contribution is 0.264. The van der Waals surface area contributed by atoms with Gasteiger partial charge in [-0.2, -0.15) is 0 Å². The van der Waals surface area contributed by atoms with Crippen LogP contribution in [-0.2, 0) is 0 Å². The predicted octanol–water partition coefficient (Wildman–Crippen LogP) is 2.83. The molecule has 0 spiro atoms. The zero-order valence-corrected chi connectivity index (χ0v) is 5.98. The summed E-state index contributed by atoms with van der Waals surface area (Å²) in [7, 11) is 0. The van der Waals surface area contributed by atoms with Gasteiger partial charge in [0.15, 0.2) is 0 Å². The summed E-state index contributed by atoms with van der Waals surface area (Å²) in [6, 6.07) is 0. The van der Waals surface area contributed by atoms with Crippen LogP contribution in [0.2, 0.25) is 0 Å². The van der Waals surface area contributed by atoms with Gasteiger partial charge in [-0.25, -0.2) is 0 Å². The second kappa shape index (κ2) is 2.52. The lowest BCUT2D eigenvalue weighted by Crippen LogP contribution is -2.12. The van der Waals surface area contributed by atoms with Crippen LogP contribution in [0.4, 0.5) is 0 Å². The molecule has 0 heterocycles. The van der Waals surface area contributed by atoms with Crippen molar-refractivity contribution in [1.29, 1.82) is 0 Å². The van der Waals surface area contributed by atoms with Gasteiger partial charge in [0.25, 0.3) is 0 Å². The minimum atomic E-state index is 0.931. The van der Waals surface area contributed by atoms with Crippen LogP contribution in [0, 0.1) is 11.8 Å². The first-order valence-electron chi connectivity index (χ1n) is 3.79. The molecule has 0 unspecified atom stereocenters. The van der Waals surface area contributed by atoms with Crippen molar-refractivity contribution in [3.63, 3.8) is 0 Å². The van der Waals surface area contributed by atoms with E-state index in [1.165, 1.54) is 25.7 Å². The van der Waals surface area contributed by atoms with Gasteiger partial charge in [-0.3, -0.25) is 0 Å². The highest BCUT2D eigenvalue weighted by Gasteiger charge is 2.17. The molecule has 0 aromatic carbocycles. The number of hydrogen-bond acceptors (Lipinski definition) is 0. The molecule has 0 saturated heterocycles. The first-order chi connectivity index (χ1) is 3.79. The topological polar surface area (TPSA) is 0 Å². The Labute approximate surface area is 52.3 Å². The standard InChI is InChI=1S/C8H16/c1-7(2)6-8-4-3-5-8/h7-8H,3-6H2,1-2H3. The molecular weight excluding hydrogens is 96.1 g/mol. The highest BCUT2D eigenvalue weighted by Crippen LogP contribution is 2.31. The molecule has 0 radical (unpaired) electrons. The molecule has 0 nitrogen and oxygen atoms in total. The molecule has 0 atom stereocenters. The molecule has 1 saturated carbocycles. The van der Waals surface area contributed by atoms with Crippen LogP contribution < -0.4 is 0 Å². The van der Waals surface area contributed by atoms with Gasteiger partial charge in [0.05, 0.1) is 0 Å². The maximum absolute atomic E-state index is 2.32. The van der Waals surface area contributed by atoms with Crippen LogP contribution in [0.15, 0.2) is 0 Å². The molecule has 0 N–H and O–H groups in total. The van der Waals surface area contributed by atoms with Crippen LogP contribution in [0.1, 0.15) is 39.5 Å². The molecular formula is C8H16. The van der Waals surface area contributed by atoms with Crippen molar-refractivity contribution in [2.24, 2.45) is 11.8 Å². The molecule has 48 valence electrons. The molecule has 0 aliphatic heterocycles. The van der Waals surface area contributed by atoms with Crippen molar-refractivity contribution in [3.05, 3.63) is 0 Å². The maximum Gasteiger partial charge on any atom is -0.0412 e. The van der Waals surface area contributed by atoms with Gasteiger partial charge in [-0.15, -0.1) is 0 Å². The lowest BCUT2D eigenvalue weighted by atomic mass is 9.80. The van der Waals surface area contributed by atoms with E-state index in [1.54, 1.807) is 0 Å². The summed E-state index contributed by atoms with van der Waals surface area (Å²) in [6.07, 6.45) is 5.99. The SMILES string of the molecule is CC(C)CC1CCC1. The fourth-order valence-electron chi connectivity index (χ4n) is 1.40. The van der Waals surface area contributed by atoms with Crippen LogP contribution >= 0.6 is 0 Å². The maximum atomic E-state index is 2.32. The Bertz CT molecular complexity index is 60.4. The molecule has 1 fully saturated rings. The zero-order valence-electron chi connectivity index (χ0n) is 5.98. The summed E-state index contributed by atoms with van der Waals surface area (Å²) < 4.78 is 0. The lowest BCUT2D eigenvalue weighted by Gasteiger charge is -2.26. The van der Waals surface area contributed by atoms with E-state index >= 15 is 0 Å². The van der Waals surface area contributed by atoms with E-state index in [0.717, 1.165) is 11.8 Å². The molecule has 1 rings (SSSR count). The first-order valence-corrected chi connectivity index (χ1v) is 3.79. The second-order valence-electron chi connectivity index (χ2n) is 3.43. The minimum absolute atomic E-state index is 0.931. The Morgan fingerprint density at radius 3 is 2.12 bits per heavy atom. The van der Waals surface area contributed by atoms with Gasteiger partial charge < -0.3 is 0 Å². The smallest absolute Gasteiger partial charge is 0.0412 e. The zero-order chi connectivity index (χ0) is 5.98. The fraction of sp³-hybridized carbons (Fsp3) is 1.00. The highest BCUT2D eigenvalue weighted by atomic mass is 14.2. The Morgan fingerprint density at radius 2 is 2.00 bits per heavy atom. The fourth-order valence-corrected chi connectivity index (χ4v) is 1.40. The van der Waals surface area contributed by atoms with E-state index in [9.17, 15) is 0 Å². The van der Waals surface area contributed by atoms with E-state index < -0.39 is 0 Å². The molecule has 1 aliphatic carbocycles. The van der Waals surface area contributed by atoms with E-state index in [4.69, 9.17) is 0 Å². The number of hydrogen-bond donors (Lipinski definition) is 0. The normalized spacial score (nSPS) is 21.4. The third-order valence-corrected chi connectivity index (χ3v) is 2.03. The largest absolute Gasteiger partial charge is 0.0628 e. The van der Waals surface area contributed by atoms with Crippen LogP contribution in [0.5, 0.6) is 0 Å². The molecule has 0 bridgehead atoms. The number of rotatable bonds is 2. The van der Waals surface area contributed by atoms with E-state index in [1.807, 2.05) is 0 Å².